The summed E-state index contributed by atoms with van der Waals surface area (Å²) in [6, 6.07) is 0. The molecule has 0 saturated carbocycles. The third kappa shape index (κ3) is 51.7. The highest BCUT2D eigenvalue weighted by molar-refractivity contribution is 5.71. The fourth-order valence-corrected chi connectivity index (χ4v) is 7.54. The molecule has 0 rings (SSSR count). The maximum atomic E-state index is 12.8. The molecule has 0 aromatic carbocycles. The number of ether oxygens (including phenoxy) is 3. The monoisotopic (exact) mass is 907 g/mol. The molecule has 0 fully saturated rings. The second-order valence-corrected chi connectivity index (χ2v) is 18.2. The van der Waals surface area contributed by atoms with Gasteiger partial charge in [0.05, 0.1) is 0 Å². The maximum Gasteiger partial charge on any atom is 0.306 e. The fourth-order valence-electron chi connectivity index (χ4n) is 7.54. The molecule has 0 N–H and O–H groups in total. The van der Waals surface area contributed by atoms with Crippen molar-refractivity contribution in [3.05, 3.63) is 72.9 Å². The zero-order valence-corrected chi connectivity index (χ0v) is 42.7. The van der Waals surface area contributed by atoms with Crippen molar-refractivity contribution in [1.29, 1.82) is 0 Å². The number of carbonyl (C=O) groups excluding carboxylic acids is 3. The van der Waals surface area contributed by atoms with Crippen LogP contribution in [0.15, 0.2) is 72.9 Å². The normalized spacial score (nSPS) is 12.6. The van der Waals surface area contributed by atoms with Crippen molar-refractivity contribution < 1.29 is 28.6 Å². The predicted molar refractivity (Wildman–Crippen MR) is 279 cm³/mol. The van der Waals surface area contributed by atoms with Crippen molar-refractivity contribution in [1.82, 2.24) is 0 Å². The lowest BCUT2D eigenvalue weighted by Crippen LogP contribution is -2.30. The first-order valence-corrected chi connectivity index (χ1v) is 27.5. The zero-order valence-electron chi connectivity index (χ0n) is 42.7. The molecule has 0 aliphatic carbocycles. The van der Waals surface area contributed by atoms with Crippen LogP contribution in [0.4, 0.5) is 0 Å². The molecule has 65 heavy (non-hydrogen) atoms. The van der Waals surface area contributed by atoms with Crippen LogP contribution in [0, 0.1) is 0 Å². The summed E-state index contributed by atoms with van der Waals surface area (Å²) >= 11 is 0. The summed E-state index contributed by atoms with van der Waals surface area (Å²) in [5.41, 5.74) is 0. The van der Waals surface area contributed by atoms with Crippen LogP contribution in [0.2, 0.25) is 0 Å². The van der Waals surface area contributed by atoms with Gasteiger partial charge in [-0.2, -0.15) is 0 Å². The number of unbranched alkanes of at least 4 members (excludes halogenated alkanes) is 28. The fraction of sp³-hybridized carbons (Fsp3) is 0.746. The summed E-state index contributed by atoms with van der Waals surface area (Å²) in [6.07, 6.45) is 67.6. The second-order valence-electron chi connectivity index (χ2n) is 18.2. The molecule has 0 saturated heterocycles. The minimum atomic E-state index is -0.818. The molecule has 0 aromatic rings. The molecule has 0 aromatic heterocycles. The van der Waals surface area contributed by atoms with Crippen LogP contribution < -0.4 is 0 Å². The Morgan fingerprint density at radius 1 is 0.323 bits per heavy atom. The zero-order chi connectivity index (χ0) is 47.2. The van der Waals surface area contributed by atoms with Gasteiger partial charge in [0.15, 0.2) is 6.10 Å². The molecular weight excluding hydrogens is 805 g/mol. The van der Waals surface area contributed by atoms with E-state index in [0.717, 1.165) is 83.5 Å². The minimum Gasteiger partial charge on any atom is -0.462 e. The highest BCUT2D eigenvalue weighted by Crippen LogP contribution is 2.13. The third-order valence-electron chi connectivity index (χ3n) is 11.7. The number of allylic oxidation sites excluding steroid dienone is 12. The van der Waals surface area contributed by atoms with Gasteiger partial charge in [-0.25, -0.2) is 0 Å². The SMILES string of the molecule is CCCCCCCC/C=C\C/C=C\CCC(=O)OCC(COC(=O)CCCCCCC/C=C\C=C/CCCCCCCCC)OC(=O)CCCCC/C=C\C=C/CCCCCCCCC. The van der Waals surface area contributed by atoms with Crippen LogP contribution in [-0.4, -0.2) is 37.2 Å². The highest BCUT2D eigenvalue weighted by Gasteiger charge is 2.19. The van der Waals surface area contributed by atoms with Crippen molar-refractivity contribution in [2.45, 2.75) is 271 Å². The molecule has 6 heteroatoms. The molecule has 0 radical (unpaired) electrons. The first kappa shape index (κ1) is 61.9. The molecule has 6 nitrogen and oxygen atoms in total. The van der Waals surface area contributed by atoms with Gasteiger partial charge in [-0.3, -0.25) is 14.4 Å². The maximum absolute atomic E-state index is 12.8. The second kappa shape index (κ2) is 53.5. The minimum absolute atomic E-state index is 0.111. The number of carbonyl (C=O) groups is 3. The van der Waals surface area contributed by atoms with Gasteiger partial charge in [0, 0.05) is 19.3 Å². The number of hydrogen-bond donors (Lipinski definition) is 0. The quantitative estimate of drug-likeness (QED) is 0.0199. The smallest absolute Gasteiger partial charge is 0.306 e. The van der Waals surface area contributed by atoms with E-state index < -0.39 is 6.10 Å². The predicted octanol–water partition coefficient (Wildman–Crippen LogP) is 18.2. The van der Waals surface area contributed by atoms with Gasteiger partial charge < -0.3 is 14.2 Å². The standard InChI is InChI=1S/C59H102O6/c1-4-7-10-13-16-19-22-25-27-29-30-32-34-37-40-43-46-49-52-58(61)64-55-56(54-63-57(60)51-48-45-42-39-36-33-24-21-18-15-12-9-6-3)65-59(62)53-50-47-44-41-38-35-31-28-26-23-20-17-14-11-8-5-2/h27-33,35-36,38,42,45,56H,4-26,34,37,39-41,43-44,46-55H2,1-3H3/b29-27-,31-28-,32-30-,36-33-,38-35-,45-42-. The molecule has 0 heterocycles. The average molecular weight is 907 g/mol. The summed E-state index contributed by atoms with van der Waals surface area (Å²) in [6.45, 7) is 6.54. The van der Waals surface area contributed by atoms with Crippen LogP contribution in [0.3, 0.4) is 0 Å². The molecule has 374 valence electrons. The Labute approximate surface area is 402 Å². The van der Waals surface area contributed by atoms with Crippen LogP contribution >= 0.6 is 0 Å². The highest BCUT2D eigenvalue weighted by atomic mass is 16.6. The first-order valence-electron chi connectivity index (χ1n) is 27.5. The van der Waals surface area contributed by atoms with E-state index in [0.29, 0.717) is 12.8 Å². The largest absolute Gasteiger partial charge is 0.462 e. The Morgan fingerprint density at radius 3 is 1.05 bits per heavy atom. The average Bonchev–Trinajstić information content (AvgIpc) is 3.30. The molecule has 1 atom stereocenters. The van der Waals surface area contributed by atoms with Gasteiger partial charge in [-0.1, -0.05) is 229 Å². The molecule has 0 aliphatic rings. The lowest BCUT2D eigenvalue weighted by atomic mass is 10.1. The van der Waals surface area contributed by atoms with Crippen LogP contribution in [0.1, 0.15) is 265 Å². The van der Waals surface area contributed by atoms with Crippen molar-refractivity contribution in [3.8, 4) is 0 Å². The summed E-state index contributed by atoms with van der Waals surface area (Å²) in [5.74, 6) is -1.02. The topological polar surface area (TPSA) is 78.9 Å². The van der Waals surface area contributed by atoms with E-state index in [1.54, 1.807) is 0 Å². The van der Waals surface area contributed by atoms with Gasteiger partial charge in [0.1, 0.15) is 13.2 Å². The molecule has 0 spiro atoms. The van der Waals surface area contributed by atoms with Crippen molar-refractivity contribution in [3.63, 3.8) is 0 Å². The molecule has 0 bridgehead atoms. The molecule has 1 unspecified atom stereocenters. The summed E-state index contributed by atoms with van der Waals surface area (Å²) in [5, 5.41) is 0. The van der Waals surface area contributed by atoms with Crippen molar-refractivity contribution in [2.75, 3.05) is 13.2 Å². The van der Waals surface area contributed by atoms with Crippen LogP contribution in [0.25, 0.3) is 0 Å². The number of hydrogen-bond acceptors (Lipinski definition) is 6. The molecule has 0 aliphatic heterocycles. The van der Waals surface area contributed by atoms with Gasteiger partial charge in [0.2, 0.25) is 0 Å². The summed E-state index contributed by atoms with van der Waals surface area (Å²) < 4.78 is 16.7. The van der Waals surface area contributed by atoms with Crippen LogP contribution in [0.5, 0.6) is 0 Å². The lowest BCUT2D eigenvalue weighted by molar-refractivity contribution is -0.166. The Bertz CT molecular complexity index is 1230. The van der Waals surface area contributed by atoms with Crippen molar-refractivity contribution in [2.24, 2.45) is 0 Å². The Kier molecular flexibility index (Phi) is 50.9. The Balaban J connectivity index is 4.49. The van der Waals surface area contributed by atoms with Gasteiger partial charge >= 0.3 is 17.9 Å². The number of rotatable bonds is 49. The van der Waals surface area contributed by atoms with E-state index in [4.69, 9.17) is 14.2 Å². The Hall–Kier alpha value is -3.15. The lowest BCUT2D eigenvalue weighted by Gasteiger charge is -2.18. The van der Waals surface area contributed by atoms with Gasteiger partial charge in [-0.05, 0) is 89.9 Å². The van der Waals surface area contributed by atoms with E-state index in [9.17, 15) is 14.4 Å². The Morgan fingerprint density at radius 2 is 0.631 bits per heavy atom. The van der Waals surface area contributed by atoms with E-state index >= 15 is 0 Å². The molecular formula is C59H102O6. The van der Waals surface area contributed by atoms with Gasteiger partial charge in [-0.15, -0.1) is 0 Å². The van der Waals surface area contributed by atoms with Crippen LogP contribution in [-0.2, 0) is 28.6 Å². The van der Waals surface area contributed by atoms with Gasteiger partial charge in [0.25, 0.3) is 0 Å². The summed E-state index contributed by atoms with van der Waals surface area (Å²) in [7, 11) is 0. The van der Waals surface area contributed by atoms with E-state index in [1.165, 1.54) is 135 Å². The summed E-state index contributed by atoms with van der Waals surface area (Å²) in [4.78, 5) is 38.0. The first-order chi connectivity index (χ1) is 32.0. The molecule has 0 amide bonds. The number of esters is 3. The van der Waals surface area contributed by atoms with Crippen molar-refractivity contribution >= 4 is 17.9 Å². The van der Waals surface area contributed by atoms with E-state index in [1.807, 2.05) is 6.08 Å². The van der Waals surface area contributed by atoms with E-state index in [2.05, 4.69) is 87.6 Å². The third-order valence-corrected chi connectivity index (χ3v) is 11.7. The van der Waals surface area contributed by atoms with E-state index in [-0.39, 0.29) is 44.0 Å².